The van der Waals surface area contributed by atoms with Crippen molar-refractivity contribution in [3.05, 3.63) is 72.9 Å². The number of hydrogen-bond donors (Lipinski definition) is 0. The fourth-order valence-corrected chi connectivity index (χ4v) is 7.58. The molecule has 1 atom stereocenters. The molecule has 0 aromatic rings. The Labute approximate surface area is 402 Å². The lowest BCUT2D eigenvalue weighted by atomic mass is 10.0. The van der Waals surface area contributed by atoms with E-state index in [0.29, 0.717) is 19.3 Å². The zero-order chi connectivity index (χ0) is 47.2. The Kier molecular flexibility index (Phi) is 50.9. The predicted octanol–water partition coefficient (Wildman–Crippen LogP) is 18.2. The van der Waals surface area contributed by atoms with E-state index in [1.54, 1.807) is 0 Å². The Morgan fingerprint density at radius 1 is 0.323 bits per heavy atom. The number of esters is 3. The van der Waals surface area contributed by atoms with Gasteiger partial charge in [-0.15, -0.1) is 0 Å². The van der Waals surface area contributed by atoms with E-state index in [4.69, 9.17) is 14.2 Å². The molecule has 0 heterocycles. The summed E-state index contributed by atoms with van der Waals surface area (Å²) in [7, 11) is 0. The first-order valence-electron chi connectivity index (χ1n) is 27.4. The van der Waals surface area contributed by atoms with E-state index in [1.807, 2.05) is 0 Å². The normalized spacial score (nSPS) is 12.6. The van der Waals surface area contributed by atoms with Gasteiger partial charge < -0.3 is 14.2 Å². The van der Waals surface area contributed by atoms with Crippen LogP contribution >= 0.6 is 0 Å². The van der Waals surface area contributed by atoms with Gasteiger partial charge in [-0.3, -0.25) is 14.4 Å². The molecule has 0 amide bonds. The maximum atomic E-state index is 12.8. The molecule has 0 saturated carbocycles. The van der Waals surface area contributed by atoms with Crippen molar-refractivity contribution in [1.82, 2.24) is 0 Å². The molecule has 0 aromatic carbocycles. The highest BCUT2D eigenvalue weighted by atomic mass is 16.6. The number of allylic oxidation sites excluding steroid dienone is 12. The smallest absolute Gasteiger partial charge is 0.306 e. The fourth-order valence-electron chi connectivity index (χ4n) is 7.58. The van der Waals surface area contributed by atoms with Gasteiger partial charge in [0.05, 0.1) is 0 Å². The van der Waals surface area contributed by atoms with Gasteiger partial charge >= 0.3 is 17.9 Å². The van der Waals surface area contributed by atoms with Crippen molar-refractivity contribution in [2.75, 3.05) is 13.2 Å². The molecule has 0 aliphatic heterocycles. The molecule has 0 saturated heterocycles. The van der Waals surface area contributed by atoms with Gasteiger partial charge in [0.15, 0.2) is 6.10 Å². The number of ether oxygens (including phenoxy) is 3. The second-order valence-corrected chi connectivity index (χ2v) is 18.1. The lowest BCUT2D eigenvalue weighted by Gasteiger charge is -2.18. The topological polar surface area (TPSA) is 78.9 Å². The minimum absolute atomic E-state index is 0.0788. The predicted molar refractivity (Wildman–Crippen MR) is 279 cm³/mol. The van der Waals surface area contributed by atoms with Gasteiger partial charge in [-0.05, 0) is 89.9 Å². The van der Waals surface area contributed by atoms with E-state index >= 15 is 0 Å². The lowest BCUT2D eigenvalue weighted by molar-refractivity contribution is -0.167. The summed E-state index contributed by atoms with van der Waals surface area (Å²) >= 11 is 0. The summed E-state index contributed by atoms with van der Waals surface area (Å²) in [6, 6.07) is 0. The molecule has 374 valence electrons. The van der Waals surface area contributed by atoms with E-state index in [0.717, 1.165) is 103 Å². The fraction of sp³-hybridized carbons (Fsp3) is 0.746. The molecule has 0 aliphatic rings. The molecule has 6 heteroatoms. The van der Waals surface area contributed by atoms with Gasteiger partial charge in [-0.1, -0.05) is 229 Å². The molecule has 0 spiro atoms. The van der Waals surface area contributed by atoms with Crippen molar-refractivity contribution in [1.29, 1.82) is 0 Å². The third-order valence-electron chi connectivity index (χ3n) is 11.7. The molecule has 6 nitrogen and oxygen atoms in total. The van der Waals surface area contributed by atoms with Crippen LogP contribution in [0.5, 0.6) is 0 Å². The second kappa shape index (κ2) is 53.5. The molecule has 65 heavy (non-hydrogen) atoms. The van der Waals surface area contributed by atoms with Crippen LogP contribution in [0.3, 0.4) is 0 Å². The average molecular weight is 907 g/mol. The minimum atomic E-state index is -0.776. The van der Waals surface area contributed by atoms with Crippen LogP contribution in [-0.2, 0) is 28.6 Å². The van der Waals surface area contributed by atoms with Crippen molar-refractivity contribution in [2.24, 2.45) is 0 Å². The summed E-state index contributed by atoms with van der Waals surface area (Å²) in [4.78, 5) is 37.7. The maximum Gasteiger partial charge on any atom is 0.306 e. The molecule has 1 unspecified atom stereocenters. The molecule has 0 N–H and O–H groups in total. The minimum Gasteiger partial charge on any atom is -0.462 e. The highest BCUT2D eigenvalue weighted by Crippen LogP contribution is 2.15. The first-order valence-corrected chi connectivity index (χ1v) is 27.4. The summed E-state index contributed by atoms with van der Waals surface area (Å²) in [5.41, 5.74) is 0. The molecular formula is C59H102O6. The van der Waals surface area contributed by atoms with Crippen LogP contribution in [0.2, 0.25) is 0 Å². The van der Waals surface area contributed by atoms with Crippen LogP contribution in [0, 0.1) is 0 Å². The van der Waals surface area contributed by atoms with E-state index in [-0.39, 0.29) is 31.1 Å². The standard InChI is InChI=1S/C59H102O6/c1-4-7-10-13-15-17-19-21-23-25-26-27-28-29-30-31-32-34-35-37-39-41-43-46-49-52-58(61)64-55-56(54-63-57(60)51-48-45-12-9-6-3)65-59(62)53-50-47-44-42-40-38-36-33-24-22-20-18-16-14-11-8-5-2/h7,10,15-18,21-24,26-27,56H,4-6,8-9,11-14,19-20,25,28-55H2,1-3H3/b10-7-,17-15-,18-16-,23-21-,24-22-,27-26-. The van der Waals surface area contributed by atoms with Crippen LogP contribution in [0.25, 0.3) is 0 Å². The molecular weight excluding hydrogens is 805 g/mol. The van der Waals surface area contributed by atoms with Crippen molar-refractivity contribution < 1.29 is 28.6 Å². The van der Waals surface area contributed by atoms with Crippen molar-refractivity contribution in [2.45, 2.75) is 271 Å². The van der Waals surface area contributed by atoms with Gasteiger partial charge in [-0.25, -0.2) is 0 Å². The lowest BCUT2D eigenvalue weighted by Crippen LogP contribution is -2.30. The zero-order valence-electron chi connectivity index (χ0n) is 42.7. The number of carbonyl (C=O) groups is 3. The summed E-state index contributed by atoms with van der Waals surface area (Å²) in [6.45, 7) is 6.42. The van der Waals surface area contributed by atoms with Crippen LogP contribution in [0.4, 0.5) is 0 Å². The molecule has 0 aromatic heterocycles. The third kappa shape index (κ3) is 51.7. The zero-order valence-corrected chi connectivity index (χ0v) is 42.7. The number of hydrogen-bond acceptors (Lipinski definition) is 6. The summed E-state index contributed by atoms with van der Waals surface area (Å²) in [6.07, 6.45) is 67.9. The first-order chi connectivity index (χ1) is 32.0. The number of rotatable bonds is 49. The first kappa shape index (κ1) is 61.9. The Morgan fingerprint density at radius 3 is 0.969 bits per heavy atom. The van der Waals surface area contributed by atoms with E-state index in [1.165, 1.54) is 122 Å². The SMILES string of the molecule is CC/C=C\C/C=C\C/C=C\C/C=C\CCCCCCCCCCCCCCC(=O)OCC(COC(=O)CCCCCCC)OC(=O)CCCCCCCCC/C=C\C/C=C\CCCCC. The van der Waals surface area contributed by atoms with Gasteiger partial charge in [0.1, 0.15) is 13.2 Å². The molecule has 0 radical (unpaired) electrons. The van der Waals surface area contributed by atoms with E-state index in [2.05, 4.69) is 93.7 Å². The average Bonchev–Trinajstić information content (AvgIpc) is 3.30. The highest BCUT2D eigenvalue weighted by molar-refractivity contribution is 5.71. The van der Waals surface area contributed by atoms with Crippen molar-refractivity contribution >= 4 is 17.9 Å². The second-order valence-electron chi connectivity index (χ2n) is 18.1. The van der Waals surface area contributed by atoms with Gasteiger partial charge in [0, 0.05) is 19.3 Å². The highest BCUT2D eigenvalue weighted by Gasteiger charge is 2.19. The molecule has 0 rings (SSSR count). The molecule has 0 aliphatic carbocycles. The van der Waals surface area contributed by atoms with Crippen molar-refractivity contribution in [3.63, 3.8) is 0 Å². The summed E-state index contributed by atoms with van der Waals surface area (Å²) in [5.74, 6) is -0.898. The van der Waals surface area contributed by atoms with Crippen LogP contribution < -0.4 is 0 Å². The van der Waals surface area contributed by atoms with Crippen LogP contribution in [0.15, 0.2) is 72.9 Å². The van der Waals surface area contributed by atoms with Gasteiger partial charge in [0.25, 0.3) is 0 Å². The van der Waals surface area contributed by atoms with Crippen LogP contribution in [-0.4, -0.2) is 37.2 Å². The summed E-state index contributed by atoms with van der Waals surface area (Å²) in [5, 5.41) is 0. The summed E-state index contributed by atoms with van der Waals surface area (Å²) < 4.78 is 16.7. The van der Waals surface area contributed by atoms with Gasteiger partial charge in [-0.2, -0.15) is 0 Å². The Balaban J connectivity index is 4.10. The molecule has 0 fully saturated rings. The van der Waals surface area contributed by atoms with Gasteiger partial charge in [0.2, 0.25) is 0 Å². The largest absolute Gasteiger partial charge is 0.462 e. The maximum absolute atomic E-state index is 12.8. The van der Waals surface area contributed by atoms with E-state index < -0.39 is 6.10 Å². The number of unbranched alkanes of at least 4 members (excludes halogenated alkanes) is 26. The Morgan fingerprint density at radius 2 is 0.600 bits per heavy atom. The monoisotopic (exact) mass is 907 g/mol. The van der Waals surface area contributed by atoms with Crippen LogP contribution in [0.1, 0.15) is 265 Å². The van der Waals surface area contributed by atoms with E-state index in [9.17, 15) is 14.4 Å². The third-order valence-corrected chi connectivity index (χ3v) is 11.7. The Bertz CT molecular complexity index is 1230. The Hall–Kier alpha value is -3.15. The number of carbonyl (C=O) groups excluding carboxylic acids is 3. The quantitative estimate of drug-likeness (QED) is 0.0262. The molecule has 0 bridgehead atoms. The van der Waals surface area contributed by atoms with Crippen molar-refractivity contribution in [3.8, 4) is 0 Å².